The predicted octanol–water partition coefficient (Wildman–Crippen LogP) is 3.08. The summed E-state index contributed by atoms with van der Waals surface area (Å²) in [5.41, 5.74) is 0.986. The van der Waals surface area contributed by atoms with Crippen LogP contribution in [-0.4, -0.2) is 47.2 Å². The van der Waals surface area contributed by atoms with E-state index >= 15 is 0 Å². The number of ether oxygens (including phenoxy) is 2. The first-order valence-electron chi connectivity index (χ1n) is 8.33. The molecule has 0 radical (unpaired) electrons. The van der Waals surface area contributed by atoms with Gasteiger partial charge in [-0.1, -0.05) is 42.1 Å². The minimum absolute atomic E-state index is 0.0540. The fourth-order valence-corrected chi connectivity index (χ4v) is 4.23. The molecule has 2 bridgehead atoms. The molecule has 2 aliphatic heterocycles. The molecule has 2 saturated heterocycles. The number of hydrogen-bond acceptors (Lipinski definition) is 5. The van der Waals surface area contributed by atoms with Gasteiger partial charge in [0.1, 0.15) is 6.61 Å². The zero-order chi connectivity index (χ0) is 16.9. The number of carbonyl (C=O) groups excluding carboxylic acids is 2. The second-order valence-electron chi connectivity index (χ2n) is 6.43. The fraction of sp³-hybridized carbons (Fsp3) is 0.556. The smallest absolute Gasteiger partial charge is 0.410 e. The van der Waals surface area contributed by atoms with Crippen LogP contribution in [0, 0.1) is 5.92 Å². The van der Waals surface area contributed by atoms with Gasteiger partial charge in [-0.05, 0) is 24.3 Å². The van der Waals surface area contributed by atoms with Crippen LogP contribution in [0.3, 0.4) is 0 Å². The minimum Gasteiger partial charge on any atom is -0.445 e. The van der Waals surface area contributed by atoms with Crippen LogP contribution in [0.1, 0.15) is 25.3 Å². The van der Waals surface area contributed by atoms with Crippen LogP contribution in [-0.2, 0) is 20.9 Å². The second-order valence-corrected chi connectivity index (χ2v) is 7.63. The summed E-state index contributed by atoms with van der Waals surface area (Å²) >= 11 is 1.38. The van der Waals surface area contributed by atoms with Gasteiger partial charge in [-0.15, -0.1) is 0 Å². The summed E-state index contributed by atoms with van der Waals surface area (Å²) in [5.74, 6) is 1.28. The Balaban J connectivity index is 1.57. The van der Waals surface area contributed by atoms with Crippen molar-refractivity contribution in [3.05, 3.63) is 35.9 Å². The molecule has 1 aromatic carbocycles. The summed E-state index contributed by atoms with van der Waals surface area (Å²) in [5, 5.41) is 0.154. The van der Waals surface area contributed by atoms with Gasteiger partial charge >= 0.3 is 6.09 Å². The van der Waals surface area contributed by atoms with Crippen molar-refractivity contribution in [2.45, 2.75) is 38.5 Å². The molecule has 0 spiro atoms. The summed E-state index contributed by atoms with van der Waals surface area (Å²) < 4.78 is 11.1. The third-order valence-electron chi connectivity index (χ3n) is 4.56. The maximum absolute atomic E-state index is 12.5. The van der Waals surface area contributed by atoms with Crippen molar-refractivity contribution in [1.29, 1.82) is 0 Å². The van der Waals surface area contributed by atoms with E-state index in [0.717, 1.165) is 24.2 Å². The first-order chi connectivity index (χ1) is 11.6. The summed E-state index contributed by atoms with van der Waals surface area (Å²) in [6, 6.07) is 9.81. The van der Waals surface area contributed by atoms with Crippen molar-refractivity contribution in [3.8, 4) is 0 Å². The monoisotopic (exact) mass is 349 g/mol. The van der Waals surface area contributed by atoms with Gasteiger partial charge < -0.3 is 9.47 Å². The Hall–Kier alpha value is -1.53. The number of morpholine rings is 1. The zero-order valence-electron chi connectivity index (χ0n) is 13.8. The predicted molar refractivity (Wildman–Crippen MR) is 92.7 cm³/mol. The number of benzene rings is 1. The molecule has 2 fully saturated rings. The van der Waals surface area contributed by atoms with Crippen LogP contribution in [0.4, 0.5) is 4.79 Å². The van der Waals surface area contributed by atoms with Gasteiger partial charge in [0.05, 0.1) is 25.3 Å². The molecule has 2 heterocycles. The summed E-state index contributed by atoms with van der Waals surface area (Å²) in [4.78, 5) is 25.6. The molecular weight excluding hydrogens is 326 g/mol. The Morgan fingerprint density at radius 2 is 1.88 bits per heavy atom. The summed E-state index contributed by atoms with van der Waals surface area (Å²) in [7, 11) is 0. The van der Waals surface area contributed by atoms with E-state index in [9.17, 15) is 9.59 Å². The number of carbonyl (C=O) groups is 2. The van der Waals surface area contributed by atoms with Gasteiger partial charge in [0, 0.05) is 12.7 Å². The lowest BCUT2D eigenvalue weighted by Gasteiger charge is -2.47. The summed E-state index contributed by atoms with van der Waals surface area (Å²) in [6.45, 7) is 3.00. The van der Waals surface area contributed by atoms with Crippen LogP contribution in [0.15, 0.2) is 30.3 Å². The Kier molecular flexibility index (Phi) is 5.79. The normalized spacial score (nSPS) is 26.0. The first kappa shape index (κ1) is 17.3. The summed E-state index contributed by atoms with van der Waals surface area (Å²) in [6.07, 6.45) is 1.49. The standard InChI is InChI=1S/C18H23NO4S/c1-13(20)24-12-15-7-16-10-22-11-17(8-15)19(16)18(21)23-9-14-5-3-2-4-6-14/h2-6,15-17H,7-12H2,1H3. The Morgan fingerprint density at radius 3 is 2.50 bits per heavy atom. The van der Waals surface area contributed by atoms with E-state index < -0.39 is 0 Å². The molecule has 5 nitrogen and oxygen atoms in total. The van der Waals surface area contributed by atoms with Crippen LogP contribution < -0.4 is 0 Å². The average Bonchev–Trinajstić information content (AvgIpc) is 2.58. The van der Waals surface area contributed by atoms with Crippen LogP contribution in [0.25, 0.3) is 0 Å². The van der Waals surface area contributed by atoms with Crippen LogP contribution in [0.5, 0.6) is 0 Å². The van der Waals surface area contributed by atoms with Gasteiger partial charge in [-0.3, -0.25) is 9.69 Å². The third-order valence-corrected chi connectivity index (χ3v) is 5.60. The number of hydrogen-bond donors (Lipinski definition) is 0. The number of rotatable bonds is 4. The highest BCUT2D eigenvalue weighted by Crippen LogP contribution is 2.34. The van der Waals surface area contributed by atoms with E-state index in [1.807, 2.05) is 35.2 Å². The fourth-order valence-electron chi connectivity index (χ4n) is 3.49. The van der Waals surface area contributed by atoms with E-state index in [2.05, 4.69) is 0 Å². The highest BCUT2D eigenvalue weighted by Gasteiger charge is 2.42. The van der Waals surface area contributed by atoms with E-state index in [0.29, 0.717) is 25.7 Å². The highest BCUT2D eigenvalue weighted by atomic mass is 32.2. The number of amides is 1. The molecule has 130 valence electrons. The van der Waals surface area contributed by atoms with Gasteiger partial charge in [-0.25, -0.2) is 4.79 Å². The number of thioether (sulfide) groups is 1. The molecule has 2 aliphatic rings. The van der Waals surface area contributed by atoms with E-state index in [1.54, 1.807) is 6.92 Å². The third kappa shape index (κ3) is 4.30. The first-order valence-corrected chi connectivity index (χ1v) is 9.32. The topological polar surface area (TPSA) is 55.8 Å². The van der Waals surface area contributed by atoms with Crippen LogP contribution >= 0.6 is 11.8 Å². The van der Waals surface area contributed by atoms with Gasteiger partial charge in [0.15, 0.2) is 5.12 Å². The Morgan fingerprint density at radius 1 is 1.21 bits per heavy atom. The maximum atomic E-state index is 12.5. The number of nitrogens with zero attached hydrogens (tertiary/aromatic N) is 1. The molecule has 2 unspecified atom stereocenters. The minimum atomic E-state index is -0.255. The van der Waals surface area contributed by atoms with Crippen molar-refractivity contribution >= 4 is 23.0 Å². The highest BCUT2D eigenvalue weighted by molar-refractivity contribution is 8.13. The largest absolute Gasteiger partial charge is 0.445 e. The van der Waals surface area contributed by atoms with Crippen molar-refractivity contribution in [2.24, 2.45) is 5.92 Å². The molecule has 3 rings (SSSR count). The van der Waals surface area contributed by atoms with Gasteiger partial charge in [0.25, 0.3) is 0 Å². The van der Waals surface area contributed by atoms with E-state index in [1.165, 1.54) is 11.8 Å². The average molecular weight is 349 g/mol. The quantitative estimate of drug-likeness (QED) is 0.836. The molecule has 0 N–H and O–H groups in total. The van der Waals surface area contributed by atoms with E-state index in [-0.39, 0.29) is 23.3 Å². The molecule has 24 heavy (non-hydrogen) atoms. The number of fused-ring (bicyclic) bond motifs is 2. The molecule has 0 saturated carbocycles. The van der Waals surface area contributed by atoms with E-state index in [4.69, 9.17) is 9.47 Å². The SMILES string of the molecule is CC(=O)SCC1CC2COCC(C1)N2C(=O)OCc1ccccc1. The second kappa shape index (κ2) is 8.03. The number of piperidine rings is 1. The molecule has 6 heteroatoms. The lowest BCUT2D eigenvalue weighted by molar-refractivity contribution is -0.109. The van der Waals surface area contributed by atoms with Crippen molar-refractivity contribution in [2.75, 3.05) is 19.0 Å². The van der Waals surface area contributed by atoms with Crippen LogP contribution in [0.2, 0.25) is 0 Å². The molecule has 0 aliphatic carbocycles. The molecular formula is C18H23NO4S. The maximum Gasteiger partial charge on any atom is 0.410 e. The Labute approximate surface area is 146 Å². The van der Waals surface area contributed by atoms with Gasteiger partial charge in [-0.2, -0.15) is 0 Å². The van der Waals surface area contributed by atoms with Crippen molar-refractivity contribution in [1.82, 2.24) is 4.90 Å². The molecule has 1 amide bonds. The zero-order valence-corrected chi connectivity index (χ0v) is 14.7. The lowest BCUT2D eigenvalue weighted by atomic mass is 9.86. The molecule has 2 atom stereocenters. The molecule has 1 aromatic rings. The Bertz CT molecular complexity index is 566. The molecule has 0 aromatic heterocycles. The van der Waals surface area contributed by atoms with Gasteiger partial charge in [0.2, 0.25) is 0 Å². The van der Waals surface area contributed by atoms with Crippen molar-refractivity contribution in [3.63, 3.8) is 0 Å². The lowest BCUT2D eigenvalue weighted by Crippen LogP contribution is -2.59. The van der Waals surface area contributed by atoms with Crippen molar-refractivity contribution < 1.29 is 19.1 Å².